The lowest BCUT2D eigenvalue weighted by molar-refractivity contribution is -0.128. The van der Waals surface area contributed by atoms with Crippen molar-refractivity contribution in [2.45, 2.75) is 18.6 Å². The Kier molecular flexibility index (Phi) is 5.23. The van der Waals surface area contributed by atoms with Gasteiger partial charge < -0.3 is 20.1 Å². The maximum absolute atomic E-state index is 11.7. The third-order valence-corrected chi connectivity index (χ3v) is 3.61. The van der Waals surface area contributed by atoms with Gasteiger partial charge in [0, 0.05) is 20.1 Å². The molecule has 1 saturated heterocycles. The lowest BCUT2D eigenvalue weighted by atomic mass is 10.2. The van der Waals surface area contributed by atoms with Crippen molar-refractivity contribution in [1.82, 2.24) is 10.2 Å². The first-order chi connectivity index (χ1) is 9.58. The van der Waals surface area contributed by atoms with Crippen LogP contribution in [-0.4, -0.2) is 54.8 Å². The zero-order valence-corrected chi connectivity index (χ0v) is 12.1. The first-order valence-corrected chi connectivity index (χ1v) is 6.99. The van der Waals surface area contributed by atoms with Gasteiger partial charge in [-0.1, -0.05) is 23.7 Å². The minimum Gasteiger partial charge on any atom is -0.489 e. The van der Waals surface area contributed by atoms with Gasteiger partial charge in [-0.3, -0.25) is 4.79 Å². The number of hydrogen-bond donors (Lipinski definition) is 2. The van der Waals surface area contributed by atoms with E-state index >= 15 is 0 Å². The van der Waals surface area contributed by atoms with E-state index in [0.717, 1.165) is 13.0 Å². The van der Waals surface area contributed by atoms with Gasteiger partial charge >= 0.3 is 0 Å². The van der Waals surface area contributed by atoms with Crippen LogP contribution in [0.15, 0.2) is 24.3 Å². The van der Waals surface area contributed by atoms with E-state index in [1.807, 2.05) is 12.1 Å². The first kappa shape index (κ1) is 15.1. The fourth-order valence-corrected chi connectivity index (χ4v) is 2.29. The van der Waals surface area contributed by atoms with Crippen molar-refractivity contribution in [1.29, 1.82) is 0 Å². The summed E-state index contributed by atoms with van der Waals surface area (Å²) < 4.78 is 5.44. The van der Waals surface area contributed by atoms with Gasteiger partial charge in [-0.15, -0.1) is 0 Å². The Balaban J connectivity index is 1.72. The van der Waals surface area contributed by atoms with Gasteiger partial charge in [-0.2, -0.15) is 0 Å². The van der Waals surface area contributed by atoms with Crippen LogP contribution in [0.2, 0.25) is 5.02 Å². The van der Waals surface area contributed by atoms with Gasteiger partial charge in [0.15, 0.2) is 0 Å². The number of likely N-dealkylation sites (tertiary alicyclic amines) is 1. The smallest absolute Gasteiger partial charge is 0.239 e. The fourth-order valence-electron chi connectivity index (χ4n) is 2.10. The number of para-hydroxylation sites is 1. The summed E-state index contributed by atoms with van der Waals surface area (Å²) in [6.07, 6.45) is 0.0814. The molecule has 0 aromatic heterocycles. The largest absolute Gasteiger partial charge is 0.489 e. The number of benzene rings is 1. The number of rotatable bonds is 6. The number of carbonyl (C=O) groups is 1. The monoisotopic (exact) mass is 298 g/mol. The van der Waals surface area contributed by atoms with E-state index in [1.165, 1.54) is 0 Å². The molecule has 2 atom stereocenters. The van der Waals surface area contributed by atoms with Crippen LogP contribution in [-0.2, 0) is 4.79 Å². The molecular weight excluding hydrogens is 280 g/mol. The highest BCUT2D eigenvalue weighted by Crippen LogP contribution is 2.23. The molecule has 0 aliphatic carbocycles. The highest BCUT2D eigenvalue weighted by Gasteiger charge is 2.28. The summed E-state index contributed by atoms with van der Waals surface area (Å²) in [5, 5.41) is 13.4. The standard InChI is InChI=1S/C14H19ClN2O3/c1-17-7-6-12(14(17)19)16-8-10(18)9-20-13-5-3-2-4-11(13)15/h2-5,10,12,16,18H,6-9H2,1H3. The SMILES string of the molecule is CN1CCC(NCC(O)COc2ccccc2Cl)C1=O. The van der Waals surface area contributed by atoms with E-state index in [1.54, 1.807) is 24.1 Å². The summed E-state index contributed by atoms with van der Waals surface area (Å²) in [5.74, 6) is 0.620. The molecular formula is C14H19ClN2O3. The van der Waals surface area contributed by atoms with E-state index in [2.05, 4.69) is 5.32 Å². The average molecular weight is 299 g/mol. The average Bonchev–Trinajstić information content (AvgIpc) is 2.76. The van der Waals surface area contributed by atoms with Gasteiger partial charge in [0.1, 0.15) is 18.5 Å². The lowest BCUT2D eigenvalue weighted by Crippen LogP contribution is -2.42. The number of halogens is 1. The van der Waals surface area contributed by atoms with E-state index < -0.39 is 6.10 Å². The van der Waals surface area contributed by atoms with Gasteiger partial charge in [0.2, 0.25) is 5.91 Å². The van der Waals surface area contributed by atoms with E-state index in [9.17, 15) is 9.90 Å². The van der Waals surface area contributed by atoms with Crippen molar-refractivity contribution in [3.8, 4) is 5.75 Å². The summed E-state index contributed by atoms with van der Waals surface area (Å²) in [4.78, 5) is 13.4. The van der Waals surface area contributed by atoms with Crippen LogP contribution in [0.25, 0.3) is 0 Å². The lowest BCUT2D eigenvalue weighted by Gasteiger charge is -2.16. The van der Waals surface area contributed by atoms with E-state index in [-0.39, 0.29) is 18.6 Å². The van der Waals surface area contributed by atoms with Crippen molar-refractivity contribution in [3.63, 3.8) is 0 Å². The van der Waals surface area contributed by atoms with Crippen LogP contribution in [0.1, 0.15) is 6.42 Å². The Labute approximate surface area is 123 Å². The molecule has 20 heavy (non-hydrogen) atoms. The van der Waals surface area contributed by atoms with Crippen LogP contribution in [0, 0.1) is 0 Å². The zero-order chi connectivity index (χ0) is 14.5. The maximum Gasteiger partial charge on any atom is 0.239 e. The van der Waals surface area contributed by atoms with E-state index in [0.29, 0.717) is 17.3 Å². The van der Waals surface area contributed by atoms with Crippen molar-refractivity contribution < 1.29 is 14.6 Å². The van der Waals surface area contributed by atoms with Crippen molar-refractivity contribution >= 4 is 17.5 Å². The molecule has 110 valence electrons. The van der Waals surface area contributed by atoms with Gasteiger partial charge in [-0.05, 0) is 18.6 Å². The summed E-state index contributed by atoms with van der Waals surface area (Å²) in [6.45, 7) is 1.20. The quantitative estimate of drug-likeness (QED) is 0.819. The van der Waals surface area contributed by atoms with Gasteiger partial charge in [0.25, 0.3) is 0 Å². The minimum atomic E-state index is -0.690. The molecule has 1 aliphatic rings. The fraction of sp³-hybridized carbons (Fsp3) is 0.500. The Morgan fingerprint density at radius 2 is 2.30 bits per heavy atom. The molecule has 0 saturated carbocycles. The number of nitrogens with zero attached hydrogens (tertiary/aromatic N) is 1. The molecule has 0 spiro atoms. The Bertz CT molecular complexity index is 469. The maximum atomic E-state index is 11.7. The Hall–Kier alpha value is -1.30. The van der Waals surface area contributed by atoms with Crippen molar-refractivity contribution in [3.05, 3.63) is 29.3 Å². The number of aliphatic hydroxyl groups is 1. The molecule has 2 N–H and O–H groups in total. The number of aliphatic hydroxyl groups excluding tert-OH is 1. The summed E-state index contributed by atoms with van der Waals surface area (Å²) in [5.41, 5.74) is 0. The number of carbonyl (C=O) groups excluding carboxylic acids is 1. The number of likely N-dealkylation sites (N-methyl/N-ethyl adjacent to an activating group) is 1. The normalized spacial score (nSPS) is 20.2. The van der Waals surface area contributed by atoms with Gasteiger partial charge in [0.05, 0.1) is 11.1 Å². The van der Waals surface area contributed by atoms with Crippen LogP contribution in [0.5, 0.6) is 5.75 Å². The highest BCUT2D eigenvalue weighted by atomic mass is 35.5. The second kappa shape index (κ2) is 6.92. The molecule has 2 rings (SSSR count). The third-order valence-electron chi connectivity index (χ3n) is 3.30. The highest BCUT2D eigenvalue weighted by molar-refractivity contribution is 6.32. The van der Waals surface area contributed by atoms with Crippen LogP contribution >= 0.6 is 11.6 Å². The summed E-state index contributed by atoms with van der Waals surface area (Å²) >= 11 is 5.95. The predicted molar refractivity (Wildman–Crippen MR) is 77.0 cm³/mol. The van der Waals surface area contributed by atoms with Crippen LogP contribution in [0.4, 0.5) is 0 Å². The Morgan fingerprint density at radius 3 is 2.95 bits per heavy atom. The van der Waals surface area contributed by atoms with Gasteiger partial charge in [-0.25, -0.2) is 0 Å². The number of amides is 1. The third kappa shape index (κ3) is 3.85. The molecule has 6 heteroatoms. The van der Waals surface area contributed by atoms with Crippen molar-refractivity contribution in [2.24, 2.45) is 0 Å². The zero-order valence-electron chi connectivity index (χ0n) is 11.4. The number of nitrogens with one attached hydrogen (secondary N) is 1. The van der Waals surface area contributed by atoms with Crippen molar-refractivity contribution in [2.75, 3.05) is 26.7 Å². The molecule has 1 aliphatic heterocycles. The predicted octanol–water partition coefficient (Wildman–Crippen LogP) is 0.900. The molecule has 1 fully saturated rings. The number of ether oxygens (including phenoxy) is 1. The second-order valence-electron chi connectivity index (χ2n) is 4.90. The first-order valence-electron chi connectivity index (χ1n) is 6.61. The van der Waals surface area contributed by atoms with Crippen LogP contribution < -0.4 is 10.1 Å². The Morgan fingerprint density at radius 1 is 1.55 bits per heavy atom. The molecule has 1 aromatic carbocycles. The van der Waals surface area contributed by atoms with E-state index in [4.69, 9.17) is 16.3 Å². The summed E-state index contributed by atoms with van der Waals surface area (Å²) in [6, 6.07) is 6.91. The molecule has 5 nitrogen and oxygen atoms in total. The molecule has 1 amide bonds. The van der Waals surface area contributed by atoms with Crippen LogP contribution in [0.3, 0.4) is 0 Å². The minimum absolute atomic E-state index is 0.0734. The molecule has 2 unspecified atom stereocenters. The summed E-state index contributed by atoms with van der Waals surface area (Å²) in [7, 11) is 1.78. The second-order valence-corrected chi connectivity index (χ2v) is 5.31. The molecule has 1 aromatic rings. The number of hydrogen-bond acceptors (Lipinski definition) is 4. The molecule has 0 bridgehead atoms. The molecule has 0 radical (unpaired) electrons. The molecule has 1 heterocycles. The topological polar surface area (TPSA) is 61.8 Å².